The zero-order valence-electron chi connectivity index (χ0n) is 8.21. The third kappa shape index (κ3) is 3.89. The van der Waals surface area contributed by atoms with Crippen LogP contribution in [0.1, 0.15) is 26.7 Å². The second kappa shape index (κ2) is 5.37. The number of alkyl carbamates (subject to hydrolysis) is 1. The van der Waals surface area contributed by atoms with Crippen LogP contribution in [0, 0.1) is 0 Å². The van der Waals surface area contributed by atoms with E-state index in [2.05, 4.69) is 12.2 Å². The molecule has 0 spiro atoms. The number of hydrogen-bond acceptors (Lipinski definition) is 3. The first-order valence-electron chi connectivity index (χ1n) is 4.77. The van der Waals surface area contributed by atoms with E-state index in [-0.39, 0.29) is 6.09 Å². The number of nitrogens with one attached hydrogen (secondary N) is 1. The molecule has 0 aliphatic carbocycles. The van der Waals surface area contributed by atoms with E-state index in [0.717, 1.165) is 17.4 Å². The third-order valence-corrected chi connectivity index (χ3v) is 3.50. The van der Waals surface area contributed by atoms with E-state index < -0.39 is 0 Å². The van der Waals surface area contributed by atoms with Crippen LogP contribution in [-0.4, -0.2) is 29.7 Å². The van der Waals surface area contributed by atoms with E-state index in [1.165, 1.54) is 6.42 Å². The van der Waals surface area contributed by atoms with Gasteiger partial charge in [0, 0.05) is 17.0 Å². The van der Waals surface area contributed by atoms with Crippen molar-refractivity contribution in [2.75, 3.05) is 12.4 Å². The first kappa shape index (κ1) is 10.7. The van der Waals surface area contributed by atoms with Gasteiger partial charge in [0.05, 0.1) is 6.61 Å². The molecule has 1 saturated heterocycles. The zero-order chi connectivity index (χ0) is 9.68. The van der Waals surface area contributed by atoms with Crippen LogP contribution in [0.5, 0.6) is 0 Å². The lowest BCUT2D eigenvalue weighted by molar-refractivity contribution is 0.148. The Hall–Kier alpha value is -0.380. The molecule has 0 saturated carbocycles. The molecule has 1 amide bonds. The minimum Gasteiger partial charge on any atom is -0.450 e. The molecular weight excluding hydrogens is 186 g/mol. The van der Waals surface area contributed by atoms with E-state index >= 15 is 0 Å². The second-order valence-electron chi connectivity index (χ2n) is 3.28. The lowest BCUT2D eigenvalue weighted by Gasteiger charge is -2.26. The minimum atomic E-state index is -0.275. The summed E-state index contributed by atoms with van der Waals surface area (Å²) in [6.07, 6.45) is 1.98. The number of carbonyl (C=O) groups is 1. The van der Waals surface area contributed by atoms with Crippen LogP contribution in [-0.2, 0) is 4.74 Å². The van der Waals surface area contributed by atoms with E-state index in [1.54, 1.807) is 0 Å². The lowest BCUT2D eigenvalue weighted by atomic mass is 10.1. The fraction of sp³-hybridized carbons (Fsp3) is 0.889. The maximum atomic E-state index is 11.1. The monoisotopic (exact) mass is 203 g/mol. The van der Waals surface area contributed by atoms with Gasteiger partial charge >= 0.3 is 6.09 Å². The molecule has 4 heteroatoms. The van der Waals surface area contributed by atoms with Crippen molar-refractivity contribution >= 4 is 17.9 Å². The van der Waals surface area contributed by atoms with Gasteiger partial charge in [0.25, 0.3) is 0 Å². The summed E-state index contributed by atoms with van der Waals surface area (Å²) in [7, 11) is 0. The highest BCUT2D eigenvalue weighted by atomic mass is 32.2. The standard InChI is InChI=1S/C9H17NO2S/c1-3-12-9(11)10-8-5-4-7(2)13-6-8/h7-8H,3-6H2,1-2H3,(H,10,11). The average molecular weight is 203 g/mol. The molecule has 2 atom stereocenters. The summed E-state index contributed by atoms with van der Waals surface area (Å²) >= 11 is 1.92. The smallest absolute Gasteiger partial charge is 0.407 e. The molecular formula is C9H17NO2S. The molecule has 1 aliphatic heterocycles. The molecule has 2 unspecified atom stereocenters. The molecule has 1 heterocycles. The van der Waals surface area contributed by atoms with Crippen molar-refractivity contribution in [3.8, 4) is 0 Å². The van der Waals surface area contributed by atoms with E-state index in [1.807, 2.05) is 18.7 Å². The Labute approximate surface area is 83.6 Å². The summed E-state index contributed by atoms with van der Waals surface area (Å²) in [5, 5.41) is 3.59. The Kier molecular flexibility index (Phi) is 4.42. The van der Waals surface area contributed by atoms with Crippen molar-refractivity contribution in [1.29, 1.82) is 0 Å². The summed E-state index contributed by atoms with van der Waals surface area (Å²) in [6, 6.07) is 0.306. The van der Waals surface area contributed by atoms with Crippen molar-refractivity contribution in [1.82, 2.24) is 5.32 Å². The van der Waals surface area contributed by atoms with Crippen molar-refractivity contribution in [2.24, 2.45) is 0 Å². The molecule has 0 aromatic rings. The fourth-order valence-electron chi connectivity index (χ4n) is 1.34. The van der Waals surface area contributed by atoms with Crippen molar-refractivity contribution < 1.29 is 9.53 Å². The van der Waals surface area contributed by atoms with E-state index in [0.29, 0.717) is 12.6 Å². The number of hydrogen-bond donors (Lipinski definition) is 1. The predicted octanol–water partition coefficient (Wildman–Crippen LogP) is 2.02. The molecule has 0 aromatic carbocycles. The Morgan fingerprint density at radius 3 is 2.92 bits per heavy atom. The van der Waals surface area contributed by atoms with Gasteiger partial charge in [-0.25, -0.2) is 4.79 Å². The number of thioether (sulfide) groups is 1. The number of amides is 1. The van der Waals surface area contributed by atoms with Gasteiger partial charge in [-0.15, -0.1) is 0 Å². The topological polar surface area (TPSA) is 38.3 Å². The number of rotatable bonds is 2. The van der Waals surface area contributed by atoms with Crippen molar-refractivity contribution in [3.63, 3.8) is 0 Å². The van der Waals surface area contributed by atoms with Gasteiger partial charge in [-0.05, 0) is 19.8 Å². The van der Waals surface area contributed by atoms with Crippen LogP contribution in [0.15, 0.2) is 0 Å². The summed E-state index contributed by atoms with van der Waals surface area (Å²) < 4.78 is 4.81. The normalized spacial score (nSPS) is 28.2. The first-order valence-corrected chi connectivity index (χ1v) is 5.82. The van der Waals surface area contributed by atoms with Crippen molar-refractivity contribution in [2.45, 2.75) is 38.0 Å². The Morgan fingerprint density at radius 2 is 2.38 bits per heavy atom. The molecule has 0 aromatic heterocycles. The fourth-order valence-corrected chi connectivity index (χ4v) is 2.45. The molecule has 1 rings (SSSR count). The van der Waals surface area contributed by atoms with Crippen LogP contribution < -0.4 is 5.32 Å². The van der Waals surface area contributed by atoms with Crippen molar-refractivity contribution in [3.05, 3.63) is 0 Å². The van der Waals surface area contributed by atoms with Gasteiger partial charge in [0.2, 0.25) is 0 Å². The van der Waals surface area contributed by atoms with E-state index in [4.69, 9.17) is 4.74 Å². The summed E-state index contributed by atoms with van der Waals surface area (Å²) in [5.41, 5.74) is 0. The Balaban J connectivity index is 2.18. The van der Waals surface area contributed by atoms with Gasteiger partial charge in [-0.3, -0.25) is 0 Å². The molecule has 1 aliphatic rings. The third-order valence-electron chi connectivity index (χ3n) is 2.10. The molecule has 1 fully saturated rings. The highest BCUT2D eigenvalue weighted by molar-refractivity contribution is 7.99. The average Bonchev–Trinajstić information content (AvgIpc) is 2.09. The Bertz CT molecular complexity index is 167. The number of carbonyl (C=O) groups excluding carboxylic acids is 1. The first-order chi connectivity index (χ1) is 6.22. The quantitative estimate of drug-likeness (QED) is 0.746. The largest absolute Gasteiger partial charge is 0.450 e. The Morgan fingerprint density at radius 1 is 1.62 bits per heavy atom. The maximum absolute atomic E-state index is 11.1. The van der Waals surface area contributed by atoms with Gasteiger partial charge in [-0.2, -0.15) is 11.8 Å². The SMILES string of the molecule is CCOC(=O)NC1CCC(C)SC1. The summed E-state index contributed by atoms with van der Waals surface area (Å²) in [5.74, 6) is 1.01. The number of ether oxygens (including phenoxy) is 1. The summed E-state index contributed by atoms with van der Waals surface area (Å²) in [4.78, 5) is 11.1. The van der Waals surface area contributed by atoms with E-state index in [9.17, 15) is 4.79 Å². The predicted molar refractivity (Wildman–Crippen MR) is 55.1 cm³/mol. The summed E-state index contributed by atoms with van der Waals surface area (Å²) in [6.45, 7) is 4.49. The van der Waals surface area contributed by atoms with Crippen LogP contribution in [0.3, 0.4) is 0 Å². The highest BCUT2D eigenvalue weighted by Gasteiger charge is 2.20. The zero-order valence-corrected chi connectivity index (χ0v) is 9.02. The van der Waals surface area contributed by atoms with Gasteiger partial charge in [0.1, 0.15) is 0 Å². The molecule has 13 heavy (non-hydrogen) atoms. The van der Waals surface area contributed by atoms with Crippen LogP contribution in [0.2, 0.25) is 0 Å². The lowest BCUT2D eigenvalue weighted by Crippen LogP contribution is -2.39. The molecule has 0 bridgehead atoms. The molecule has 1 N–H and O–H groups in total. The maximum Gasteiger partial charge on any atom is 0.407 e. The molecule has 3 nitrogen and oxygen atoms in total. The second-order valence-corrected chi connectivity index (χ2v) is 4.75. The van der Waals surface area contributed by atoms with Crippen LogP contribution in [0.4, 0.5) is 4.79 Å². The molecule has 76 valence electrons. The van der Waals surface area contributed by atoms with Gasteiger partial charge in [0.15, 0.2) is 0 Å². The highest BCUT2D eigenvalue weighted by Crippen LogP contribution is 2.24. The molecule has 0 radical (unpaired) electrons. The van der Waals surface area contributed by atoms with Gasteiger partial charge in [-0.1, -0.05) is 6.92 Å². The van der Waals surface area contributed by atoms with Crippen LogP contribution in [0.25, 0.3) is 0 Å². The van der Waals surface area contributed by atoms with Gasteiger partial charge < -0.3 is 10.1 Å². The van der Waals surface area contributed by atoms with Crippen LogP contribution >= 0.6 is 11.8 Å². The minimum absolute atomic E-state index is 0.275.